The summed E-state index contributed by atoms with van der Waals surface area (Å²) in [5, 5.41) is 4.75. The molecule has 0 aromatic carbocycles. The quantitative estimate of drug-likeness (QED) is 0.876. The third kappa shape index (κ3) is 3.37. The average molecular weight is 312 g/mol. The molecular formula is C10H10BrN5S. The summed E-state index contributed by atoms with van der Waals surface area (Å²) < 4.78 is 0.850. The highest BCUT2D eigenvalue weighted by Crippen LogP contribution is 2.30. The molecule has 17 heavy (non-hydrogen) atoms. The number of anilines is 1. The van der Waals surface area contributed by atoms with Crippen molar-refractivity contribution in [2.75, 3.05) is 11.9 Å². The van der Waals surface area contributed by atoms with Crippen molar-refractivity contribution in [3.05, 3.63) is 29.3 Å². The van der Waals surface area contributed by atoms with Crippen LogP contribution in [0.25, 0.3) is 0 Å². The van der Waals surface area contributed by atoms with E-state index in [0.717, 1.165) is 21.1 Å². The first-order chi connectivity index (χ1) is 8.29. The first kappa shape index (κ1) is 12.3. The molecule has 2 aromatic rings. The standard InChI is InChI=1S/C10H10BrN5S/c1-2-13-10-14-5-7(11)9(16-10)17-8-3-4-12-6-15-8/h3-6H,2H2,1H3,(H,13,14,16). The van der Waals surface area contributed by atoms with E-state index in [0.29, 0.717) is 5.95 Å². The van der Waals surface area contributed by atoms with Crippen molar-refractivity contribution < 1.29 is 0 Å². The topological polar surface area (TPSA) is 63.6 Å². The lowest BCUT2D eigenvalue weighted by molar-refractivity contribution is 0.988. The van der Waals surface area contributed by atoms with Crippen LogP contribution in [0, 0.1) is 0 Å². The molecule has 7 heteroatoms. The molecule has 0 aliphatic carbocycles. The SMILES string of the molecule is CCNc1ncc(Br)c(Sc2ccncn2)n1. The van der Waals surface area contributed by atoms with Crippen LogP contribution in [-0.4, -0.2) is 26.5 Å². The molecule has 0 saturated heterocycles. The number of rotatable bonds is 4. The zero-order valence-electron chi connectivity index (χ0n) is 9.09. The normalized spacial score (nSPS) is 10.2. The fraction of sp³-hybridized carbons (Fsp3) is 0.200. The van der Waals surface area contributed by atoms with Crippen molar-refractivity contribution in [3.8, 4) is 0 Å². The van der Waals surface area contributed by atoms with E-state index in [2.05, 4.69) is 41.2 Å². The first-order valence-electron chi connectivity index (χ1n) is 5.00. The molecule has 0 fully saturated rings. The summed E-state index contributed by atoms with van der Waals surface area (Å²) >= 11 is 4.89. The third-order valence-corrected chi connectivity index (χ3v) is 3.60. The van der Waals surface area contributed by atoms with Gasteiger partial charge >= 0.3 is 0 Å². The molecule has 0 amide bonds. The van der Waals surface area contributed by atoms with Crippen molar-refractivity contribution in [1.29, 1.82) is 0 Å². The van der Waals surface area contributed by atoms with Crippen molar-refractivity contribution in [2.24, 2.45) is 0 Å². The van der Waals surface area contributed by atoms with Crippen LogP contribution in [-0.2, 0) is 0 Å². The molecule has 0 bridgehead atoms. The predicted molar refractivity (Wildman–Crippen MR) is 70.1 cm³/mol. The molecule has 2 rings (SSSR count). The van der Waals surface area contributed by atoms with E-state index >= 15 is 0 Å². The molecule has 0 atom stereocenters. The Kier molecular flexibility index (Phi) is 4.27. The Morgan fingerprint density at radius 2 is 2.29 bits per heavy atom. The van der Waals surface area contributed by atoms with Crippen LogP contribution < -0.4 is 5.32 Å². The van der Waals surface area contributed by atoms with Gasteiger partial charge in [-0.2, -0.15) is 0 Å². The van der Waals surface area contributed by atoms with Gasteiger partial charge in [0, 0.05) is 18.9 Å². The lowest BCUT2D eigenvalue weighted by Gasteiger charge is -2.05. The molecule has 88 valence electrons. The smallest absolute Gasteiger partial charge is 0.223 e. The predicted octanol–water partition coefficient (Wildman–Crippen LogP) is 2.61. The molecule has 5 nitrogen and oxygen atoms in total. The number of nitrogens with zero attached hydrogens (tertiary/aromatic N) is 4. The maximum Gasteiger partial charge on any atom is 0.223 e. The van der Waals surface area contributed by atoms with Gasteiger partial charge in [0.05, 0.1) is 4.47 Å². The maximum absolute atomic E-state index is 4.39. The van der Waals surface area contributed by atoms with Gasteiger partial charge in [-0.05, 0) is 40.7 Å². The Morgan fingerprint density at radius 1 is 1.41 bits per heavy atom. The van der Waals surface area contributed by atoms with Gasteiger partial charge in [0.15, 0.2) is 0 Å². The van der Waals surface area contributed by atoms with Gasteiger partial charge in [-0.1, -0.05) is 0 Å². The summed E-state index contributed by atoms with van der Waals surface area (Å²) in [5.74, 6) is 0.618. The number of aromatic nitrogens is 4. The van der Waals surface area contributed by atoms with Gasteiger partial charge in [-0.15, -0.1) is 0 Å². The lowest BCUT2D eigenvalue weighted by atomic mass is 10.6. The first-order valence-corrected chi connectivity index (χ1v) is 6.61. The molecular weight excluding hydrogens is 302 g/mol. The van der Waals surface area contributed by atoms with E-state index < -0.39 is 0 Å². The molecule has 0 spiro atoms. The van der Waals surface area contributed by atoms with Crippen LogP contribution in [0.3, 0.4) is 0 Å². The number of hydrogen-bond acceptors (Lipinski definition) is 6. The van der Waals surface area contributed by atoms with Crippen molar-refractivity contribution >= 4 is 33.6 Å². The zero-order valence-corrected chi connectivity index (χ0v) is 11.5. The Morgan fingerprint density at radius 3 is 3.00 bits per heavy atom. The van der Waals surface area contributed by atoms with E-state index in [1.807, 2.05) is 13.0 Å². The summed E-state index contributed by atoms with van der Waals surface area (Å²) in [7, 11) is 0. The van der Waals surface area contributed by atoms with Crippen LogP contribution in [0.1, 0.15) is 6.92 Å². The van der Waals surface area contributed by atoms with Crippen LogP contribution in [0.2, 0.25) is 0 Å². The van der Waals surface area contributed by atoms with Crippen LogP contribution in [0.5, 0.6) is 0 Å². The highest BCUT2D eigenvalue weighted by Gasteiger charge is 2.07. The van der Waals surface area contributed by atoms with E-state index in [-0.39, 0.29) is 0 Å². The minimum absolute atomic E-state index is 0.618. The molecule has 0 unspecified atom stereocenters. The average Bonchev–Trinajstić information content (AvgIpc) is 2.35. The van der Waals surface area contributed by atoms with Gasteiger partial charge in [0.1, 0.15) is 16.4 Å². The summed E-state index contributed by atoms with van der Waals surface area (Å²) in [4.78, 5) is 16.6. The van der Waals surface area contributed by atoms with Gasteiger partial charge in [0.2, 0.25) is 5.95 Å². The Bertz CT molecular complexity index is 493. The highest BCUT2D eigenvalue weighted by atomic mass is 79.9. The summed E-state index contributed by atoms with van der Waals surface area (Å²) in [6.45, 7) is 2.79. The molecule has 0 saturated carbocycles. The third-order valence-electron chi connectivity index (χ3n) is 1.80. The monoisotopic (exact) mass is 311 g/mol. The van der Waals surface area contributed by atoms with E-state index in [9.17, 15) is 0 Å². The van der Waals surface area contributed by atoms with Crippen LogP contribution in [0.4, 0.5) is 5.95 Å². The van der Waals surface area contributed by atoms with Crippen LogP contribution in [0.15, 0.2) is 39.3 Å². The summed E-state index contributed by atoms with van der Waals surface area (Å²) in [6.07, 6.45) is 4.95. The summed E-state index contributed by atoms with van der Waals surface area (Å²) in [5.41, 5.74) is 0. The second-order valence-corrected chi connectivity index (χ2v) is 4.89. The molecule has 1 N–H and O–H groups in total. The molecule has 2 aromatic heterocycles. The lowest BCUT2D eigenvalue weighted by Crippen LogP contribution is -2.02. The fourth-order valence-electron chi connectivity index (χ4n) is 1.10. The number of halogens is 1. The minimum Gasteiger partial charge on any atom is -0.354 e. The van der Waals surface area contributed by atoms with Crippen LogP contribution >= 0.6 is 27.7 Å². The van der Waals surface area contributed by atoms with Gasteiger partial charge in [-0.25, -0.2) is 19.9 Å². The second kappa shape index (κ2) is 5.92. The molecule has 0 aliphatic heterocycles. The zero-order chi connectivity index (χ0) is 12.1. The Labute approximate surface area is 112 Å². The van der Waals surface area contributed by atoms with E-state index in [1.165, 1.54) is 18.1 Å². The molecule has 0 radical (unpaired) electrons. The summed E-state index contributed by atoms with van der Waals surface area (Å²) in [6, 6.07) is 1.84. The fourth-order valence-corrected chi connectivity index (χ4v) is 2.25. The highest BCUT2D eigenvalue weighted by molar-refractivity contribution is 9.10. The minimum atomic E-state index is 0.618. The van der Waals surface area contributed by atoms with Crippen molar-refractivity contribution in [2.45, 2.75) is 17.0 Å². The van der Waals surface area contributed by atoms with Gasteiger partial charge < -0.3 is 5.32 Å². The Hall–Kier alpha value is -1.21. The van der Waals surface area contributed by atoms with Gasteiger partial charge in [0.25, 0.3) is 0 Å². The second-order valence-electron chi connectivity index (χ2n) is 3.03. The molecule has 2 heterocycles. The van der Waals surface area contributed by atoms with Crippen molar-refractivity contribution in [3.63, 3.8) is 0 Å². The van der Waals surface area contributed by atoms with Crippen molar-refractivity contribution in [1.82, 2.24) is 19.9 Å². The number of hydrogen-bond donors (Lipinski definition) is 1. The largest absolute Gasteiger partial charge is 0.354 e. The van der Waals surface area contributed by atoms with E-state index in [4.69, 9.17) is 0 Å². The Balaban J connectivity index is 2.22. The van der Waals surface area contributed by atoms with E-state index in [1.54, 1.807) is 12.4 Å². The molecule has 0 aliphatic rings. The number of nitrogens with one attached hydrogen (secondary N) is 1. The van der Waals surface area contributed by atoms with Gasteiger partial charge in [-0.3, -0.25) is 0 Å². The maximum atomic E-state index is 4.39.